The van der Waals surface area contributed by atoms with Crippen molar-refractivity contribution in [3.63, 3.8) is 0 Å². The maximum absolute atomic E-state index is 12.5. The van der Waals surface area contributed by atoms with Crippen molar-refractivity contribution in [3.05, 3.63) is 58.0 Å². The molecule has 1 N–H and O–H groups in total. The molecule has 3 rings (SSSR count). The van der Waals surface area contributed by atoms with Crippen LogP contribution in [0.4, 0.5) is 0 Å². The zero-order chi connectivity index (χ0) is 19.1. The lowest BCUT2D eigenvalue weighted by Crippen LogP contribution is -2.34. The average Bonchev–Trinajstić information content (AvgIpc) is 2.95. The summed E-state index contributed by atoms with van der Waals surface area (Å²) in [5.41, 5.74) is 1.12. The Morgan fingerprint density at radius 3 is 2.52 bits per heavy atom. The van der Waals surface area contributed by atoms with E-state index >= 15 is 0 Å². The quantitative estimate of drug-likeness (QED) is 0.796. The van der Waals surface area contributed by atoms with E-state index in [0.29, 0.717) is 12.2 Å². The molecule has 1 aliphatic heterocycles. The number of aryl methyl sites for hydroxylation is 1. The standard InChI is InChI=1S/C21H28N4O2/c1-17-16-19(26)20(23-25(17)18-10-5-4-6-11-18)21(27)22-12-9-15-24-13-7-2-3-8-14-24/h4-6,10-11,16H,2-3,7-9,12-15H2,1H3,(H,22,27). The highest BCUT2D eigenvalue weighted by Crippen LogP contribution is 2.10. The molecule has 0 saturated carbocycles. The molecule has 6 nitrogen and oxygen atoms in total. The minimum absolute atomic E-state index is 0.0563. The van der Waals surface area contributed by atoms with Gasteiger partial charge < -0.3 is 10.2 Å². The van der Waals surface area contributed by atoms with E-state index in [4.69, 9.17) is 0 Å². The van der Waals surface area contributed by atoms with Crippen LogP contribution in [0, 0.1) is 6.92 Å². The van der Waals surface area contributed by atoms with Crippen LogP contribution in [0.25, 0.3) is 5.69 Å². The van der Waals surface area contributed by atoms with E-state index in [-0.39, 0.29) is 11.1 Å². The smallest absolute Gasteiger partial charge is 0.275 e. The van der Waals surface area contributed by atoms with Gasteiger partial charge in [0.15, 0.2) is 5.69 Å². The Labute approximate surface area is 160 Å². The lowest BCUT2D eigenvalue weighted by molar-refractivity contribution is 0.0943. The van der Waals surface area contributed by atoms with Crippen molar-refractivity contribution in [1.82, 2.24) is 20.0 Å². The molecule has 0 atom stereocenters. The molecule has 0 bridgehead atoms. The van der Waals surface area contributed by atoms with Crippen LogP contribution >= 0.6 is 0 Å². The number of carbonyl (C=O) groups excluding carboxylic acids is 1. The second-order valence-electron chi connectivity index (χ2n) is 7.11. The number of hydrogen-bond donors (Lipinski definition) is 1. The number of nitrogens with zero attached hydrogens (tertiary/aromatic N) is 3. The van der Waals surface area contributed by atoms with Gasteiger partial charge in [0, 0.05) is 18.3 Å². The van der Waals surface area contributed by atoms with Crippen LogP contribution in [0.5, 0.6) is 0 Å². The summed E-state index contributed by atoms with van der Waals surface area (Å²) in [7, 11) is 0. The van der Waals surface area contributed by atoms with E-state index in [1.54, 1.807) is 4.68 Å². The number of likely N-dealkylation sites (tertiary alicyclic amines) is 1. The molecule has 1 aliphatic rings. The first-order chi connectivity index (χ1) is 13.1. The van der Waals surface area contributed by atoms with Gasteiger partial charge in [0.2, 0.25) is 5.43 Å². The predicted molar refractivity (Wildman–Crippen MR) is 106 cm³/mol. The Morgan fingerprint density at radius 1 is 1.11 bits per heavy atom. The Hall–Kier alpha value is -2.47. The fourth-order valence-corrected chi connectivity index (χ4v) is 3.48. The third-order valence-electron chi connectivity index (χ3n) is 4.96. The summed E-state index contributed by atoms with van der Waals surface area (Å²) >= 11 is 0. The van der Waals surface area contributed by atoms with Crippen molar-refractivity contribution in [1.29, 1.82) is 0 Å². The Kier molecular flexibility index (Phi) is 6.76. The molecule has 1 fully saturated rings. The first-order valence-corrected chi connectivity index (χ1v) is 9.82. The highest BCUT2D eigenvalue weighted by atomic mass is 16.2. The summed E-state index contributed by atoms with van der Waals surface area (Å²) in [4.78, 5) is 27.2. The Morgan fingerprint density at radius 2 is 1.81 bits per heavy atom. The SMILES string of the molecule is Cc1cc(=O)c(C(=O)NCCCN2CCCCCC2)nn1-c1ccccc1. The number of para-hydroxylation sites is 1. The highest BCUT2D eigenvalue weighted by molar-refractivity contribution is 5.92. The van der Waals surface area contributed by atoms with Crippen LogP contribution < -0.4 is 10.7 Å². The van der Waals surface area contributed by atoms with Gasteiger partial charge in [0.1, 0.15) is 0 Å². The summed E-state index contributed by atoms with van der Waals surface area (Å²) < 4.78 is 1.63. The van der Waals surface area contributed by atoms with Gasteiger partial charge in [-0.1, -0.05) is 31.0 Å². The summed E-state index contributed by atoms with van der Waals surface area (Å²) in [6, 6.07) is 11.0. The number of carbonyl (C=O) groups is 1. The van der Waals surface area contributed by atoms with Crippen LogP contribution in [-0.2, 0) is 0 Å². The molecular weight excluding hydrogens is 340 g/mol. The zero-order valence-corrected chi connectivity index (χ0v) is 16.0. The van der Waals surface area contributed by atoms with Crippen LogP contribution in [0.15, 0.2) is 41.2 Å². The third kappa shape index (κ3) is 5.26. The van der Waals surface area contributed by atoms with Crippen LogP contribution in [0.2, 0.25) is 0 Å². The lowest BCUT2D eigenvalue weighted by atomic mass is 10.2. The van der Waals surface area contributed by atoms with Gasteiger partial charge in [-0.25, -0.2) is 4.68 Å². The summed E-state index contributed by atoms with van der Waals surface area (Å²) in [5, 5.41) is 7.16. The molecule has 1 aromatic carbocycles. The second-order valence-corrected chi connectivity index (χ2v) is 7.11. The number of benzene rings is 1. The van der Waals surface area contributed by atoms with E-state index in [9.17, 15) is 9.59 Å². The number of aromatic nitrogens is 2. The van der Waals surface area contributed by atoms with Crippen molar-refractivity contribution in [2.75, 3.05) is 26.2 Å². The molecule has 6 heteroatoms. The molecule has 1 amide bonds. The molecule has 144 valence electrons. The van der Waals surface area contributed by atoms with Gasteiger partial charge in [0.25, 0.3) is 5.91 Å². The molecule has 1 saturated heterocycles. The van der Waals surface area contributed by atoms with Crippen molar-refractivity contribution in [3.8, 4) is 5.69 Å². The van der Waals surface area contributed by atoms with E-state index in [1.165, 1.54) is 31.7 Å². The molecule has 0 radical (unpaired) electrons. The van der Waals surface area contributed by atoms with E-state index in [2.05, 4.69) is 15.3 Å². The molecule has 2 aromatic rings. The summed E-state index contributed by atoms with van der Waals surface area (Å²) in [6.45, 7) is 5.64. The number of amides is 1. The Balaban J connectivity index is 1.60. The zero-order valence-electron chi connectivity index (χ0n) is 16.0. The van der Waals surface area contributed by atoms with Gasteiger partial charge in [-0.05, 0) is 58.0 Å². The maximum atomic E-state index is 12.5. The van der Waals surface area contributed by atoms with E-state index in [0.717, 1.165) is 31.7 Å². The highest BCUT2D eigenvalue weighted by Gasteiger charge is 2.15. The van der Waals surface area contributed by atoms with Crippen LogP contribution in [-0.4, -0.2) is 46.8 Å². The summed E-state index contributed by atoms with van der Waals surface area (Å²) in [5.74, 6) is -0.402. The average molecular weight is 368 g/mol. The predicted octanol–water partition coefficient (Wildman–Crippen LogP) is 2.54. The van der Waals surface area contributed by atoms with Gasteiger partial charge in [0.05, 0.1) is 5.69 Å². The molecule has 2 heterocycles. The third-order valence-corrected chi connectivity index (χ3v) is 4.96. The van der Waals surface area contributed by atoms with E-state index in [1.807, 2.05) is 37.3 Å². The van der Waals surface area contributed by atoms with Gasteiger partial charge in [-0.15, -0.1) is 0 Å². The largest absolute Gasteiger partial charge is 0.350 e. The first-order valence-electron chi connectivity index (χ1n) is 9.82. The molecule has 0 aliphatic carbocycles. The molecule has 0 spiro atoms. The lowest BCUT2D eigenvalue weighted by Gasteiger charge is -2.19. The minimum atomic E-state index is -0.402. The van der Waals surface area contributed by atoms with Crippen molar-refractivity contribution in [2.45, 2.75) is 39.0 Å². The van der Waals surface area contributed by atoms with Gasteiger partial charge >= 0.3 is 0 Å². The van der Waals surface area contributed by atoms with Crippen molar-refractivity contribution < 1.29 is 4.79 Å². The molecule has 1 aromatic heterocycles. The Bertz CT molecular complexity index is 809. The fraction of sp³-hybridized carbons (Fsp3) is 0.476. The van der Waals surface area contributed by atoms with E-state index < -0.39 is 5.91 Å². The van der Waals surface area contributed by atoms with Gasteiger partial charge in [-0.2, -0.15) is 5.10 Å². The van der Waals surface area contributed by atoms with Crippen LogP contribution in [0.1, 0.15) is 48.3 Å². The van der Waals surface area contributed by atoms with Crippen molar-refractivity contribution >= 4 is 5.91 Å². The first kappa shape index (κ1) is 19.3. The fourth-order valence-electron chi connectivity index (χ4n) is 3.48. The normalized spacial score (nSPS) is 15.3. The number of nitrogens with one attached hydrogen (secondary N) is 1. The topological polar surface area (TPSA) is 67.2 Å². The molecule has 0 unspecified atom stereocenters. The maximum Gasteiger partial charge on any atom is 0.275 e. The number of rotatable bonds is 6. The van der Waals surface area contributed by atoms with Crippen LogP contribution in [0.3, 0.4) is 0 Å². The summed E-state index contributed by atoms with van der Waals surface area (Å²) in [6.07, 6.45) is 6.04. The minimum Gasteiger partial charge on any atom is -0.350 e. The van der Waals surface area contributed by atoms with Crippen molar-refractivity contribution in [2.24, 2.45) is 0 Å². The number of hydrogen-bond acceptors (Lipinski definition) is 4. The molecule has 27 heavy (non-hydrogen) atoms. The second kappa shape index (κ2) is 9.46. The monoisotopic (exact) mass is 368 g/mol. The molecular formula is C21H28N4O2. The van der Waals surface area contributed by atoms with Gasteiger partial charge in [-0.3, -0.25) is 9.59 Å².